The van der Waals surface area contributed by atoms with Gasteiger partial charge in [0.1, 0.15) is 23.9 Å². The van der Waals surface area contributed by atoms with Crippen LogP contribution in [-0.2, 0) is 0 Å². The van der Waals surface area contributed by atoms with E-state index in [9.17, 15) is 4.79 Å². The van der Waals surface area contributed by atoms with E-state index in [1.165, 1.54) is 0 Å². The van der Waals surface area contributed by atoms with Crippen LogP contribution in [0.5, 0.6) is 17.2 Å². The van der Waals surface area contributed by atoms with Crippen LogP contribution >= 0.6 is 0 Å². The molecule has 0 aromatic heterocycles. The number of carbonyl (C=O) groups is 1. The molecule has 0 saturated carbocycles. The van der Waals surface area contributed by atoms with Crippen LogP contribution in [0.4, 0.5) is 0 Å². The van der Waals surface area contributed by atoms with E-state index in [-0.39, 0.29) is 5.78 Å². The topological polar surface area (TPSA) is 44.8 Å². The largest absolute Gasteiger partial charge is 0.494 e. The first-order chi connectivity index (χ1) is 13.1. The van der Waals surface area contributed by atoms with Crippen LogP contribution in [0, 0.1) is 6.92 Å². The number of benzene rings is 2. The normalized spacial score (nSPS) is 10.6. The van der Waals surface area contributed by atoms with Gasteiger partial charge in [0, 0.05) is 11.6 Å². The Kier molecular flexibility index (Phi) is 7.68. The fourth-order valence-corrected chi connectivity index (χ4v) is 2.54. The van der Waals surface area contributed by atoms with Crippen LogP contribution in [0.1, 0.15) is 35.3 Å². The average Bonchev–Trinajstić information content (AvgIpc) is 2.68. The molecule has 0 fully saturated rings. The van der Waals surface area contributed by atoms with E-state index in [0.717, 1.165) is 22.6 Å². The molecule has 0 aliphatic heterocycles. The van der Waals surface area contributed by atoms with Gasteiger partial charge in [-0.3, -0.25) is 4.79 Å². The Hall–Kier alpha value is -3.01. The Bertz CT molecular complexity index is 804. The zero-order valence-corrected chi connectivity index (χ0v) is 16.2. The second-order valence-corrected chi connectivity index (χ2v) is 5.82. The molecule has 0 unspecified atom stereocenters. The molecule has 4 nitrogen and oxygen atoms in total. The van der Waals surface area contributed by atoms with Crippen molar-refractivity contribution in [3.05, 3.63) is 71.8 Å². The van der Waals surface area contributed by atoms with Crippen molar-refractivity contribution >= 4 is 11.9 Å². The lowest BCUT2D eigenvalue weighted by molar-refractivity contribution is 0.104. The summed E-state index contributed by atoms with van der Waals surface area (Å²) >= 11 is 0. The van der Waals surface area contributed by atoms with Gasteiger partial charge in [0.2, 0.25) is 0 Å². The van der Waals surface area contributed by atoms with Gasteiger partial charge in [0.25, 0.3) is 0 Å². The van der Waals surface area contributed by atoms with Crippen LogP contribution in [-0.4, -0.2) is 25.6 Å². The maximum Gasteiger partial charge on any atom is 0.185 e. The highest BCUT2D eigenvalue weighted by Gasteiger charge is 2.09. The molecule has 0 amide bonds. The molecule has 0 radical (unpaired) electrons. The molecule has 27 heavy (non-hydrogen) atoms. The summed E-state index contributed by atoms with van der Waals surface area (Å²) in [6.07, 6.45) is 5.04. The van der Waals surface area contributed by atoms with Crippen LogP contribution in [0.15, 0.2) is 55.1 Å². The molecule has 2 rings (SSSR count). The van der Waals surface area contributed by atoms with Crippen molar-refractivity contribution in [2.24, 2.45) is 0 Å². The summed E-state index contributed by atoms with van der Waals surface area (Å²) in [6, 6.07) is 10.8. The predicted octanol–water partition coefficient (Wildman–Crippen LogP) is 5.25. The lowest BCUT2D eigenvalue weighted by atomic mass is 10.0. The fraction of sp³-hybridized carbons (Fsp3) is 0.261. The predicted molar refractivity (Wildman–Crippen MR) is 109 cm³/mol. The molecule has 0 bridgehead atoms. The zero-order valence-electron chi connectivity index (χ0n) is 16.2. The summed E-state index contributed by atoms with van der Waals surface area (Å²) in [4.78, 5) is 12.5. The summed E-state index contributed by atoms with van der Waals surface area (Å²) < 4.78 is 16.7. The number of ether oxygens (including phenoxy) is 3. The van der Waals surface area contributed by atoms with Crippen LogP contribution in [0.2, 0.25) is 0 Å². The van der Waals surface area contributed by atoms with Gasteiger partial charge < -0.3 is 14.2 Å². The first-order valence-electron chi connectivity index (χ1n) is 9.05. The zero-order chi connectivity index (χ0) is 19.6. The van der Waals surface area contributed by atoms with E-state index in [1.54, 1.807) is 42.5 Å². The Morgan fingerprint density at radius 1 is 1.00 bits per heavy atom. The standard InChI is InChI=1S/C23H26O4/c1-5-14-27-20-11-8-18(9-12-20)22(24)13-10-19-15-21(25-6-2)16-23(17(19)4)26-7-3/h5,8-13,15-16H,1,6-7,14H2,2-4H3/b13-10+. The lowest BCUT2D eigenvalue weighted by Gasteiger charge is -2.13. The van der Waals surface area contributed by atoms with E-state index < -0.39 is 0 Å². The molecule has 0 saturated heterocycles. The van der Waals surface area contributed by atoms with Gasteiger partial charge in [-0.05, 0) is 68.3 Å². The summed E-state index contributed by atoms with van der Waals surface area (Å²) in [7, 11) is 0. The second-order valence-electron chi connectivity index (χ2n) is 5.82. The number of rotatable bonds is 10. The Morgan fingerprint density at radius 2 is 1.70 bits per heavy atom. The van der Waals surface area contributed by atoms with Crippen LogP contribution in [0.25, 0.3) is 6.08 Å². The molecule has 0 heterocycles. The number of allylic oxidation sites excluding steroid dienone is 1. The lowest BCUT2D eigenvalue weighted by Crippen LogP contribution is -1.99. The molecule has 142 valence electrons. The summed E-state index contributed by atoms with van der Waals surface area (Å²) in [5, 5.41) is 0. The highest BCUT2D eigenvalue weighted by molar-refractivity contribution is 6.07. The Labute approximate surface area is 161 Å². The molecule has 0 spiro atoms. The van der Waals surface area contributed by atoms with E-state index in [2.05, 4.69) is 6.58 Å². The van der Waals surface area contributed by atoms with Crippen molar-refractivity contribution in [3.63, 3.8) is 0 Å². The van der Waals surface area contributed by atoms with Crippen molar-refractivity contribution in [1.82, 2.24) is 0 Å². The van der Waals surface area contributed by atoms with Gasteiger partial charge >= 0.3 is 0 Å². The van der Waals surface area contributed by atoms with Crippen LogP contribution < -0.4 is 14.2 Å². The quantitative estimate of drug-likeness (QED) is 0.327. The van der Waals surface area contributed by atoms with E-state index >= 15 is 0 Å². The van der Waals surface area contributed by atoms with Crippen LogP contribution in [0.3, 0.4) is 0 Å². The fourth-order valence-electron chi connectivity index (χ4n) is 2.54. The minimum Gasteiger partial charge on any atom is -0.494 e. The molecular weight excluding hydrogens is 340 g/mol. The second kappa shape index (κ2) is 10.2. The first-order valence-corrected chi connectivity index (χ1v) is 9.05. The third-order valence-corrected chi connectivity index (χ3v) is 3.91. The Balaban J connectivity index is 2.20. The van der Waals surface area contributed by atoms with Crippen molar-refractivity contribution in [3.8, 4) is 17.2 Å². The molecule has 0 aliphatic rings. The van der Waals surface area contributed by atoms with Gasteiger partial charge in [-0.2, -0.15) is 0 Å². The van der Waals surface area contributed by atoms with E-state index in [0.29, 0.717) is 31.1 Å². The number of hydrogen-bond donors (Lipinski definition) is 0. The maximum absolute atomic E-state index is 12.5. The van der Waals surface area contributed by atoms with Gasteiger partial charge in [0.15, 0.2) is 5.78 Å². The van der Waals surface area contributed by atoms with Crippen molar-refractivity contribution in [1.29, 1.82) is 0 Å². The van der Waals surface area contributed by atoms with Gasteiger partial charge in [-0.1, -0.05) is 18.7 Å². The van der Waals surface area contributed by atoms with E-state index in [4.69, 9.17) is 14.2 Å². The highest BCUT2D eigenvalue weighted by atomic mass is 16.5. The summed E-state index contributed by atoms with van der Waals surface area (Å²) in [5.41, 5.74) is 2.46. The maximum atomic E-state index is 12.5. The molecule has 0 N–H and O–H groups in total. The number of carbonyl (C=O) groups excluding carboxylic acids is 1. The van der Waals surface area contributed by atoms with E-state index in [1.807, 2.05) is 32.9 Å². The van der Waals surface area contributed by atoms with Gasteiger partial charge in [0.05, 0.1) is 13.2 Å². The number of hydrogen-bond acceptors (Lipinski definition) is 4. The van der Waals surface area contributed by atoms with Crippen molar-refractivity contribution in [2.75, 3.05) is 19.8 Å². The third-order valence-electron chi connectivity index (χ3n) is 3.91. The molecule has 4 heteroatoms. The summed E-state index contributed by atoms with van der Waals surface area (Å²) in [6.45, 7) is 11.0. The Morgan fingerprint density at radius 3 is 2.33 bits per heavy atom. The molecular formula is C23H26O4. The smallest absolute Gasteiger partial charge is 0.185 e. The first kappa shape index (κ1) is 20.3. The number of ketones is 1. The average molecular weight is 366 g/mol. The highest BCUT2D eigenvalue weighted by Crippen LogP contribution is 2.29. The molecule has 2 aromatic carbocycles. The third kappa shape index (κ3) is 5.74. The van der Waals surface area contributed by atoms with Crippen molar-refractivity contribution in [2.45, 2.75) is 20.8 Å². The molecule has 0 atom stereocenters. The van der Waals surface area contributed by atoms with Gasteiger partial charge in [-0.25, -0.2) is 0 Å². The minimum atomic E-state index is -0.0792. The summed E-state index contributed by atoms with van der Waals surface area (Å²) in [5.74, 6) is 2.11. The SMILES string of the molecule is C=CCOc1ccc(C(=O)/C=C/c2cc(OCC)cc(OCC)c2C)cc1. The van der Waals surface area contributed by atoms with Gasteiger partial charge in [-0.15, -0.1) is 0 Å². The molecule has 0 aliphatic carbocycles. The monoisotopic (exact) mass is 366 g/mol. The van der Waals surface area contributed by atoms with Crippen molar-refractivity contribution < 1.29 is 19.0 Å². The minimum absolute atomic E-state index is 0.0792. The molecule has 2 aromatic rings.